The number of rotatable bonds is 8. The van der Waals surface area contributed by atoms with Gasteiger partial charge in [0.25, 0.3) is 0 Å². The number of benzene rings is 1. The number of ether oxygens (including phenoxy) is 1. The van der Waals surface area contributed by atoms with Gasteiger partial charge in [0, 0.05) is 12.1 Å². The summed E-state index contributed by atoms with van der Waals surface area (Å²) >= 11 is 0. The molecule has 1 atom stereocenters. The van der Waals surface area contributed by atoms with Crippen molar-refractivity contribution in [1.82, 2.24) is 5.32 Å². The van der Waals surface area contributed by atoms with E-state index in [1.807, 2.05) is 13.8 Å². The van der Waals surface area contributed by atoms with Crippen LogP contribution in [0, 0.1) is 11.3 Å². The van der Waals surface area contributed by atoms with Crippen molar-refractivity contribution in [2.45, 2.75) is 79.1 Å². The molecule has 0 aliphatic carbocycles. The summed E-state index contributed by atoms with van der Waals surface area (Å²) in [4.78, 5) is 37.8. The van der Waals surface area contributed by atoms with Gasteiger partial charge in [0.2, 0.25) is 0 Å². The van der Waals surface area contributed by atoms with Crippen LogP contribution in [0.2, 0.25) is 0 Å². The summed E-state index contributed by atoms with van der Waals surface area (Å²) in [5, 5.41) is 5.01. The van der Waals surface area contributed by atoms with Gasteiger partial charge in [0.1, 0.15) is 5.60 Å². The molecule has 32 heavy (non-hydrogen) atoms. The van der Waals surface area contributed by atoms with Gasteiger partial charge in [-0.3, -0.25) is 9.59 Å². The minimum Gasteiger partial charge on any atom is -0.460 e. The number of alkyl halides is 3. The number of esters is 1. The molecular weight excluding hydrogens is 425 g/mol. The Balaban J connectivity index is 2.86. The first-order valence-electron chi connectivity index (χ1n) is 10.4. The van der Waals surface area contributed by atoms with Crippen LogP contribution in [0.5, 0.6) is 0 Å². The van der Waals surface area contributed by atoms with Crippen LogP contribution in [0.1, 0.15) is 66.9 Å². The average Bonchev–Trinajstić information content (AvgIpc) is 2.58. The summed E-state index contributed by atoms with van der Waals surface area (Å²) in [6.07, 6.45) is -4.28. The Morgan fingerprint density at radius 3 is 1.94 bits per heavy atom. The molecule has 0 aliphatic heterocycles. The quantitative estimate of drug-likeness (QED) is 0.499. The minimum absolute atomic E-state index is 0.0694. The number of amides is 2. The second kappa shape index (κ2) is 10.4. The molecule has 9 heteroatoms. The second-order valence-electron chi connectivity index (χ2n) is 9.88. The van der Waals surface area contributed by atoms with E-state index in [4.69, 9.17) is 4.74 Å². The van der Waals surface area contributed by atoms with Crippen molar-refractivity contribution < 1.29 is 32.3 Å². The van der Waals surface area contributed by atoms with Crippen molar-refractivity contribution in [3.05, 3.63) is 29.8 Å². The Labute approximate surface area is 187 Å². The lowest BCUT2D eigenvalue weighted by molar-refractivity contribution is -0.167. The second-order valence-corrected chi connectivity index (χ2v) is 9.88. The van der Waals surface area contributed by atoms with E-state index in [-0.39, 0.29) is 23.8 Å². The van der Waals surface area contributed by atoms with Gasteiger partial charge in [-0.2, -0.15) is 13.2 Å². The van der Waals surface area contributed by atoms with Crippen LogP contribution in [0.3, 0.4) is 0 Å². The smallest absolute Gasteiger partial charge is 0.416 e. The first kappa shape index (κ1) is 27.5. The van der Waals surface area contributed by atoms with Gasteiger partial charge in [0.15, 0.2) is 5.78 Å². The molecule has 0 aliphatic rings. The number of carbonyl (C=O) groups excluding carboxylic acids is 3. The SMILES string of the molecule is CC(C)C[C@H](NC(=O)Nc1ccc(C(F)(F)F)cc1)C(=O)CC(C)(C)C(=O)OC(C)(C)C. The molecule has 6 nitrogen and oxygen atoms in total. The number of carbonyl (C=O) groups is 3. The number of halogens is 3. The Morgan fingerprint density at radius 2 is 1.50 bits per heavy atom. The van der Waals surface area contributed by atoms with Gasteiger partial charge >= 0.3 is 18.2 Å². The Bertz CT molecular complexity index is 810. The molecule has 1 rings (SSSR count). The molecule has 0 heterocycles. The standard InChI is InChI=1S/C23H33F3N2O4/c1-14(2)12-17(18(29)13-22(6,7)19(30)32-21(3,4)5)28-20(31)27-16-10-8-15(9-11-16)23(24,25)26/h8-11,14,17H,12-13H2,1-7H3,(H2,27,28,31)/t17-/m0/s1. The molecule has 180 valence electrons. The summed E-state index contributed by atoms with van der Waals surface area (Å²) in [7, 11) is 0. The number of ketones is 1. The number of hydrogen-bond donors (Lipinski definition) is 2. The van der Waals surface area contributed by atoms with E-state index in [0.717, 1.165) is 24.3 Å². The summed E-state index contributed by atoms with van der Waals surface area (Å²) in [5.74, 6) is -0.784. The van der Waals surface area contributed by atoms with Crippen molar-refractivity contribution in [2.24, 2.45) is 11.3 Å². The zero-order valence-electron chi connectivity index (χ0n) is 19.6. The van der Waals surface area contributed by atoms with Crippen LogP contribution < -0.4 is 10.6 Å². The fourth-order valence-corrected chi connectivity index (χ4v) is 2.86. The average molecular weight is 459 g/mol. The van der Waals surface area contributed by atoms with Crippen LogP contribution in [0.25, 0.3) is 0 Å². The predicted octanol–water partition coefficient (Wildman–Crippen LogP) is 5.57. The van der Waals surface area contributed by atoms with Crippen molar-refractivity contribution in [3.8, 4) is 0 Å². The molecule has 2 amide bonds. The maximum Gasteiger partial charge on any atom is 0.416 e. The number of urea groups is 1. The minimum atomic E-state index is -4.48. The van der Waals surface area contributed by atoms with Crippen LogP contribution >= 0.6 is 0 Å². The van der Waals surface area contributed by atoms with Gasteiger partial charge in [-0.05, 0) is 71.2 Å². The van der Waals surface area contributed by atoms with Crippen molar-refractivity contribution in [2.75, 3.05) is 5.32 Å². The summed E-state index contributed by atoms with van der Waals surface area (Å²) in [6, 6.07) is 2.39. The van der Waals surface area contributed by atoms with E-state index < -0.39 is 40.8 Å². The lowest BCUT2D eigenvalue weighted by Crippen LogP contribution is -2.46. The number of nitrogens with one attached hydrogen (secondary N) is 2. The summed E-state index contributed by atoms with van der Waals surface area (Å²) < 4.78 is 43.4. The molecule has 0 fully saturated rings. The van der Waals surface area contributed by atoms with Crippen molar-refractivity contribution in [3.63, 3.8) is 0 Å². The Kier molecular flexibility index (Phi) is 8.89. The number of anilines is 1. The molecule has 0 bridgehead atoms. The van der Waals surface area contributed by atoms with E-state index in [1.54, 1.807) is 34.6 Å². The molecule has 0 saturated heterocycles. The van der Waals surface area contributed by atoms with E-state index in [9.17, 15) is 27.6 Å². The summed E-state index contributed by atoms with van der Waals surface area (Å²) in [5.41, 5.74) is -2.47. The van der Waals surface area contributed by atoms with Gasteiger partial charge in [-0.1, -0.05) is 13.8 Å². The van der Waals surface area contributed by atoms with E-state index >= 15 is 0 Å². The number of hydrogen-bond acceptors (Lipinski definition) is 4. The molecule has 1 aromatic carbocycles. The van der Waals surface area contributed by atoms with Crippen LogP contribution in [0.4, 0.5) is 23.7 Å². The Hall–Kier alpha value is -2.58. The fraction of sp³-hybridized carbons (Fsp3) is 0.609. The van der Waals surface area contributed by atoms with Gasteiger partial charge in [-0.15, -0.1) is 0 Å². The zero-order valence-corrected chi connectivity index (χ0v) is 19.6. The molecule has 0 spiro atoms. The molecule has 0 saturated carbocycles. The van der Waals surface area contributed by atoms with Crippen LogP contribution in [-0.4, -0.2) is 29.4 Å². The third-order valence-corrected chi connectivity index (χ3v) is 4.44. The third kappa shape index (κ3) is 9.28. The lowest BCUT2D eigenvalue weighted by atomic mass is 9.84. The predicted molar refractivity (Wildman–Crippen MR) is 116 cm³/mol. The normalized spacial score (nSPS) is 13.5. The van der Waals surface area contributed by atoms with E-state index in [2.05, 4.69) is 10.6 Å². The molecule has 1 aromatic rings. The van der Waals surface area contributed by atoms with Crippen molar-refractivity contribution >= 4 is 23.5 Å². The van der Waals surface area contributed by atoms with Crippen molar-refractivity contribution in [1.29, 1.82) is 0 Å². The Morgan fingerprint density at radius 1 is 0.969 bits per heavy atom. The van der Waals surface area contributed by atoms with E-state index in [0.29, 0.717) is 6.42 Å². The van der Waals surface area contributed by atoms with Gasteiger partial charge < -0.3 is 15.4 Å². The maximum absolute atomic E-state index is 12.9. The highest BCUT2D eigenvalue weighted by Gasteiger charge is 2.37. The number of Topliss-reactive ketones (excluding diaryl/α,β-unsaturated/α-hetero) is 1. The zero-order chi connectivity index (χ0) is 24.9. The van der Waals surface area contributed by atoms with Gasteiger partial charge in [-0.25, -0.2) is 4.79 Å². The third-order valence-electron chi connectivity index (χ3n) is 4.44. The molecular formula is C23H33F3N2O4. The molecule has 0 radical (unpaired) electrons. The maximum atomic E-state index is 12.9. The molecule has 0 aromatic heterocycles. The topological polar surface area (TPSA) is 84.5 Å². The highest BCUT2D eigenvalue weighted by Crippen LogP contribution is 2.30. The van der Waals surface area contributed by atoms with Crippen LogP contribution in [-0.2, 0) is 20.5 Å². The highest BCUT2D eigenvalue weighted by atomic mass is 19.4. The van der Waals surface area contributed by atoms with E-state index in [1.165, 1.54) is 0 Å². The molecule has 2 N–H and O–H groups in total. The highest BCUT2D eigenvalue weighted by molar-refractivity contribution is 5.96. The monoisotopic (exact) mass is 458 g/mol. The summed E-state index contributed by atoms with van der Waals surface area (Å²) in [6.45, 7) is 12.2. The van der Waals surface area contributed by atoms with Crippen LogP contribution in [0.15, 0.2) is 24.3 Å². The van der Waals surface area contributed by atoms with Gasteiger partial charge in [0.05, 0.1) is 17.0 Å². The molecule has 0 unspecified atom stereocenters. The first-order chi connectivity index (χ1) is 14.4. The first-order valence-corrected chi connectivity index (χ1v) is 10.4. The largest absolute Gasteiger partial charge is 0.460 e. The lowest BCUT2D eigenvalue weighted by Gasteiger charge is -2.29. The fourth-order valence-electron chi connectivity index (χ4n) is 2.86.